The predicted molar refractivity (Wildman–Crippen MR) is 124 cm³/mol. The number of nitrogens with one attached hydrogen (secondary N) is 1. The Morgan fingerprint density at radius 1 is 1.18 bits per heavy atom. The third kappa shape index (κ3) is 4.64. The third-order valence-corrected chi connectivity index (χ3v) is 5.07. The summed E-state index contributed by atoms with van der Waals surface area (Å²) in [5, 5.41) is 13.2. The molecule has 0 saturated carbocycles. The van der Waals surface area contributed by atoms with Gasteiger partial charge in [0, 0.05) is 35.2 Å². The van der Waals surface area contributed by atoms with Crippen LogP contribution in [0.15, 0.2) is 48.9 Å². The van der Waals surface area contributed by atoms with E-state index in [-0.39, 0.29) is 23.3 Å². The summed E-state index contributed by atoms with van der Waals surface area (Å²) in [5.41, 5.74) is 7.07. The number of nitrogens with zero attached hydrogens (tertiary/aromatic N) is 6. The van der Waals surface area contributed by atoms with Gasteiger partial charge in [0.15, 0.2) is 5.82 Å². The van der Waals surface area contributed by atoms with Crippen LogP contribution in [0.4, 0.5) is 17.3 Å². The Kier molecular flexibility index (Phi) is 6.24. The Morgan fingerprint density at radius 3 is 2.64 bits per heavy atom. The Hall–Kier alpha value is -3.96. The molecule has 0 spiro atoms. The molecule has 0 bridgehead atoms. The normalized spacial score (nSPS) is 10.8. The molecule has 3 N–H and O–H groups in total. The highest BCUT2D eigenvalue weighted by atomic mass is 35.5. The number of imidazole rings is 1. The molecule has 11 nitrogen and oxygen atoms in total. The standard InChI is InChI=1S/C20H16Cl2N8O3/c1-2-29(16-6-5-15(30(31)32)18(23)27-16)33-20-26-10-13(19-24-7-8-25-19)17(28-20)12-4-3-11(21)9-14(12)22/h3-10H,2H2,1H3,(H2,23,27)(H,24,25). The van der Waals surface area contributed by atoms with Crippen LogP contribution in [0.2, 0.25) is 10.0 Å². The lowest BCUT2D eigenvalue weighted by Crippen LogP contribution is -2.29. The van der Waals surface area contributed by atoms with Crippen LogP contribution in [-0.2, 0) is 0 Å². The number of nitro groups is 1. The lowest BCUT2D eigenvalue weighted by atomic mass is 10.1. The maximum absolute atomic E-state index is 11.0. The van der Waals surface area contributed by atoms with Crippen LogP contribution in [0.5, 0.6) is 6.01 Å². The highest BCUT2D eigenvalue weighted by molar-refractivity contribution is 6.36. The fraction of sp³-hybridized carbons (Fsp3) is 0.100. The Labute approximate surface area is 197 Å². The van der Waals surface area contributed by atoms with E-state index >= 15 is 0 Å². The Bertz CT molecular complexity index is 1320. The van der Waals surface area contributed by atoms with Crippen LogP contribution >= 0.6 is 23.2 Å². The molecule has 13 heteroatoms. The number of aromatic nitrogens is 5. The summed E-state index contributed by atoms with van der Waals surface area (Å²) in [4.78, 5) is 36.4. The van der Waals surface area contributed by atoms with Crippen molar-refractivity contribution in [1.29, 1.82) is 0 Å². The smallest absolute Gasteiger partial charge is 0.343 e. The van der Waals surface area contributed by atoms with E-state index in [1.165, 1.54) is 17.2 Å². The lowest BCUT2D eigenvalue weighted by Gasteiger charge is -2.21. The summed E-state index contributed by atoms with van der Waals surface area (Å²) in [5.74, 6) is 0.562. The fourth-order valence-corrected chi connectivity index (χ4v) is 3.50. The second-order valence-corrected chi connectivity index (χ2v) is 7.44. The van der Waals surface area contributed by atoms with Gasteiger partial charge >= 0.3 is 11.7 Å². The minimum absolute atomic E-state index is 0.00750. The summed E-state index contributed by atoms with van der Waals surface area (Å²) in [6, 6.07) is 7.70. The second kappa shape index (κ2) is 9.27. The number of hydrogen-bond acceptors (Lipinski definition) is 9. The van der Waals surface area contributed by atoms with Crippen molar-refractivity contribution in [3.8, 4) is 28.7 Å². The van der Waals surface area contributed by atoms with Crippen molar-refractivity contribution in [2.24, 2.45) is 0 Å². The number of anilines is 2. The van der Waals surface area contributed by atoms with Gasteiger partial charge in [-0.2, -0.15) is 10.0 Å². The van der Waals surface area contributed by atoms with Crippen LogP contribution in [0, 0.1) is 10.1 Å². The highest BCUT2D eigenvalue weighted by Crippen LogP contribution is 2.35. The van der Waals surface area contributed by atoms with Crippen LogP contribution < -0.4 is 15.6 Å². The van der Waals surface area contributed by atoms with Gasteiger partial charge < -0.3 is 15.6 Å². The van der Waals surface area contributed by atoms with E-state index in [0.717, 1.165) is 0 Å². The summed E-state index contributed by atoms with van der Waals surface area (Å²) in [6.45, 7) is 2.12. The number of hydrogen-bond donors (Lipinski definition) is 2. The SMILES string of the molecule is CCN(Oc1ncc(-c2ncc[nH]2)c(-c2ccc(Cl)cc2Cl)n1)c1ccc([N+](=O)[O-])c(N)n1. The number of halogens is 2. The van der Waals surface area contributed by atoms with Gasteiger partial charge in [-0.15, -0.1) is 0 Å². The van der Waals surface area contributed by atoms with Gasteiger partial charge in [0.25, 0.3) is 0 Å². The van der Waals surface area contributed by atoms with E-state index in [1.807, 2.05) is 0 Å². The molecule has 0 aliphatic carbocycles. The zero-order valence-electron chi connectivity index (χ0n) is 17.1. The largest absolute Gasteiger partial charge is 0.378 e. The van der Waals surface area contributed by atoms with Gasteiger partial charge in [0.05, 0.1) is 27.7 Å². The molecule has 0 radical (unpaired) electrons. The Balaban J connectivity index is 1.74. The molecule has 168 valence electrons. The van der Waals surface area contributed by atoms with Gasteiger partial charge in [-0.05, 0) is 31.2 Å². The number of pyridine rings is 1. The maximum Gasteiger partial charge on any atom is 0.343 e. The monoisotopic (exact) mass is 486 g/mol. The minimum Gasteiger partial charge on any atom is -0.378 e. The van der Waals surface area contributed by atoms with E-state index in [0.29, 0.717) is 39.2 Å². The van der Waals surface area contributed by atoms with Crippen molar-refractivity contribution in [3.63, 3.8) is 0 Å². The number of rotatable bonds is 7. The van der Waals surface area contributed by atoms with E-state index in [4.69, 9.17) is 33.8 Å². The Morgan fingerprint density at radius 2 is 2.00 bits per heavy atom. The van der Waals surface area contributed by atoms with Crippen molar-refractivity contribution >= 4 is 40.5 Å². The second-order valence-electron chi connectivity index (χ2n) is 6.59. The van der Waals surface area contributed by atoms with E-state index in [2.05, 4.69) is 24.9 Å². The molecule has 4 aromatic rings. The van der Waals surface area contributed by atoms with Crippen molar-refractivity contribution in [2.45, 2.75) is 6.92 Å². The van der Waals surface area contributed by atoms with Crippen LogP contribution in [-0.4, -0.2) is 36.4 Å². The first-order chi connectivity index (χ1) is 15.9. The van der Waals surface area contributed by atoms with Gasteiger partial charge in [-0.3, -0.25) is 10.1 Å². The molecule has 1 aromatic carbocycles. The van der Waals surface area contributed by atoms with Gasteiger partial charge in [0.2, 0.25) is 5.82 Å². The van der Waals surface area contributed by atoms with Gasteiger partial charge in [-0.1, -0.05) is 23.2 Å². The van der Waals surface area contributed by atoms with E-state index in [1.54, 1.807) is 43.7 Å². The molecule has 3 heterocycles. The van der Waals surface area contributed by atoms with Crippen LogP contribution in [0.25, 0.3) is 22.6 Å². The van der Waals surface area contributed by atoms with Gasteiger partial charge in [-0.25, -0.2) is 15.0 Å². The highest BCUT2D eigenvalue weighted by Gasteiger charge is 2.20. The molecule has 4 rings (SSSR count). The summed E-state index contributed by atoms with van der Waals surface area (Å²) >= 11 is 12.5. The number of nitrogen functional groups attached to an aromatic ring is 1. The minimum atomic E-state index is -0.609. The molecule has 0 amide bonds. The van der Waals surface area contributed by atoms with E-state index in [9.17, 15) is 10.1 Å². The molecular weight excluding hydrogens is 471 g/mol. The fourth-order valence-electron chi connectivity index (χ4n) is 3.00. The molecule has 0 atom stereocenters. The summed E-state index contributed by atoms with van der Waals surface area (Å²) in [7, 11) is 0. The molecule has 0 aliphatic heterocycles. The lowest BCUT2D eigenvalue weighted by molar-refractivity contribution is -0.384. The van der Waals surface area contributed by atoms with Crippen LogP contribution in [0.3, 0.4) is 0 Å². The molecule has 0 unspecified atom stereocenters. The average molecular weight is 487 g/mol. The average Bonchev–Trinajstić information content (AvgIpc) is 3.32. The van der Waals surface area contributed by atoms with E-state index < -0.39 is 4.92 Å². The first-order valence-electron chi connectivity index (χ1n) is 9.56. The van der Waals surface area contributed by atoms with Crippen molar-refractivity contribution in [3.05, 3.63) is 69.1 Å². The molecule has 33 heavy (non-hydrogen) atoms. The molecule has 3 aromatic heterocycles. The molecule has 0 fully saturated rings. The number of aromatic amines is 1. The number of benzene rings is 1. The first-order valence-corrected chi connectivity index (χ1v) is 10.3. The van der Waals surface area contributed by atoms with Gasteiger partial charge in [0.1, 0.15) is 5.82 Å². The zero-order valence-corrected chi connectivity index (χ0v) is 18.6. The summed E-state index contributed by atoms with van der Waals surface area (Å²) < 4.78 is 0. The molecular formula is C20H16Cl2N8O3. The number of hydroxylamine groups is 1. The zero-order chi connectivity index (χ0) is 23.5. The van der Waals surface area contributed by atoms with Crippen molar-refractivity contribution in [1.82, 2.24) is 24.9 Å². The van der Waals surface area contributed by atoms with Crippen molar-refractivity contribution < 1.29 is 9.76 Å². The van der Waals surface area contributed by atoms with Crippen LogP contribution in [0.1, 0.15) is 6.92 Å². The maximum atomic E-state index is 11.0. The topological polar surface area (TPSA) is 149 Å². The molecule has 0 aliphatic rings. The van der Waals surface area contributed by atoms with Crippen molar-refractivity contribution in [2.75, 3.05) is 17.3 Å². The first kappa shape index (κ1) is 22.2. The summed E-state index contributed by atoms with van der Waals surface area (Å²) in [6.07, 6.45) is 4.83. The predicted octanol–water partition coefficient (Wildman–Crippen LogP) is 4.55. The quantitative estimate of drug-likeness (QED) is 0.283. The number of H-pyrrole nitrogens is 1. The number of nitrogens with two attached hydrogens (primary N) is 1. The third-order valence-electron chi connectivity index (χ3n) is 4.53. The molecule has 0 saturated heterocycles.